The van der Waals surface area contributed by atoms with E-state index in [1.165, 1.54) is 18.4 Å². The summed E-state index contributed by atoms with van der Waals surface area (Å²) < 4.78 is 2.03. The lowest BCUT2D eigenvalue weighted by atomic mass is 10.1. The average Bonchev–Trinajstić information content (AvgIpc) is 3.03. The van der Waals surface area contributed by atoms with Gasteiger partial charge in [-0.15, -0.1) is 5.10 Å². The van der Waals surface area contributed by atoms with Crippen molar-refractivity contribution in [1.29, 1.82) is 0 Å². The van der Waals surface area contributed by atoms with Crippen LogP contribution in [0, 0.1) is 6.92 Å². The first-order valence-corrected chi connectivity index (χ1v) is 8.74. The minimum atomic E-state index is 0.0317. The molecular formula is C18H28N6. The summed E-state index contributed by atoms with van der Waals surface area (Å²) in [5, 5.41) is 16.6. The number of nitrogens with zero attached hydrogens (tertiary/aromatic N) is 5. The molecule has 0 saturated carbocycles. The van der Waals surface area contributed by atoms with Gasteiger partial charge >= 0.3 is 0 Å². The molecule has 0 aromatic carbocycles. The molecule has 1 saturated heterocycles. The van der Waals surface area contributed by atoms with Crippen molar-refractivity contribution in [2.24, 2.45) is 0 Å². The zero-order valence-electron chi connectivity index (χ0n) is 15.2. The van der Waals surface area contributed by atoms with Crippen LogP contribution >= 0.6 is 0 Å². The standard InChI is InChI=1S/C18H28N6/c1-14-7-8-17(22-21-14)23-9-5-6-16(13-23)19-10-15-11-20-24(12-15)18(2,3)4/h7-8,11-12,16,19H,5-6,9-10,13H2,1-4H3/t16-/m1/s1. The Hall–Kier alpha value is -1.95. The molecule has 3 rings (SSSR count). The highest BCUT2D eigenvalue weighted by Gasteiger charge is 2.21. The first-order chi connectivity index (χ1) is 11.4. The minimum absolute atomic E-state index is 0.0317. The fourth-order valence-electron chi connectivity index (χ4n) is 2.99. The summed E-state index contributed by atoms with van der Waals surface area (Å²) in [6.45, 7) is 11.3. The Kier molecular flexibility index (Phi) is 4.85. The summed E-state index contributed by atoms with van der Waals surface area (Å²) in [6.07, 6.45) is 6.47. The van der Waals surface area contributed by atoms with Crippen LogP contribution in [0.3, 0.4) is 0 Å². The Balaban J connectivity index is 1.56. The number of aromatic nitrogens is 4. The molecule has 0 radical (unpaired) electrons. The normalized spacial score (nSPS) is 18.8. The molecule has 6 nitrogen and oxygen atoms in total. The van der Waals surface area contributed by atoms with Crippen LogP contribution in [-0.2, 0) is 12.1 Å². The fourth-order valence-corrected chi connectivity index (χ4v) is 2.99. The number of hydrogen-bond donors (Lipinski definition) is 1. The van der Waals surface area contributed by atoms with Crippen LogP contribution in [0.5, 0.6) is 0 Å². The van der Waals surface area contributed by atoms with Gasteiger partial charge in [0.05, 0.1) is 17.4 Å². The van der Waals surface area contributed by atoms with Gasteiger partial charge < -0.3 is 10.2 Å². The highest BCUT2D eigenvalue weighted by molar-refractivity contribution is 5.38. The molecule has 0 spiro atoms. The van der Waals surface area contributed by atoms with Crippen molar-refractivity contribution < 1.29 is 0 Å². The molecule has 2 aromatic heterocycles. The molecule has 3 heterocycles. The maximum atomic E-state index is 4.47. The quantitative estimate of drug-likeness (QED) is 0.934. The maximum Gasteiger partial charge on any atom is 0.151 e. The van der Waals surface area contributed by atoms with Crippen molar-refractivity contribution in [3.8, 4) is 0 Å². The first kappa shape index (κ1) is 16.9. The van der Waals surface area contributed by atoms with Crippen molar-refractivity contribution in [2.75, 3.05) is 18.0 Å². The van der Waals surface area contributed by atoms with Gasteiger partial charge in [-0.25, -0.2) is 0 Å². The Morgan fingerprint density at radius 2 is 2.08 bits per heavy atom. The van der Waals surface area contributed by atoms with E-state index >= 15 is 0 Å². The molecule has 1 aliphatic rings. The zero-order chi connectivity index (χ0) is 17.2. The molecule has 1 N–H and O–H groups in total. The van der Waals surface area contributed by atoms with E-state index in [9.17, 15) is 0 Å². The van der Waals surface area contributed by atoms with Crippen molar-refractivity contribution in [3.05, 3.63) is 35.8 Å². The molecule has 130 valence electrons. The van der Waals surface area contributed by atoms with Crippen LogP contribution in [0.1, 0.15) is 44.9 Å². The molecule has 0 amide bonds. The van der Waals surface area contributed by atoms with Gasteiger partial charge in [-0.1, -0.05) is 0 Å². The SMILES string of the molecule is Cc1ccc(N2CCC[C@@H](NCc3cnn(C(C)(C)C)c3)C2)nn1. The topological polar surface area (TPSA) is 58.9 Å². The Morgan fingerprint density at radius 3 is 2.75 bits per heavy atom. The molecule has 24 heavy (non-hydrogen) atoms. The molecule has 6 heteroatoms. The van der Waals surface area contributed by atoms with Gasteiger partial charge in [0.1, 0.15) is 0 Å². The van der Waals surface area contributed by atoms with E-state index in [0.717, 1.165) is 31.1 Å². The fraction of sp³-hybridized carbons (Fsp3) is 0.611. The molecule has 2 aromatic rings. The van der Waals surface area contributed by atoms with Crippen LogP contribution in [0.4, 0.5) is 5.82 Å². The third kappa shape index (κ3) is 4.12. The number of rotatable bonds is 4. The van der Waals surface area contributed by atoms with Gasteiger partial charge in [-0.3, -0.25) is 4.68 Å². The molecule has 1 aliphatic heterocycles. The molecule has 0 unspecified atom stereocenters. The number of nitrogens with one attached hydrogen (secondary N) is 1. The molecule has 1 atom stereocenters. The van der Waals surface area contributed by atoms with E-state index in [2.05, 4.69) is 58.5 Å². The second-order valence-corrected chi connectivity index (χ2v) is 7.66. The summed E-state index contributed by atoms with van der Waals surface area (Å²) in [7, 11) is 0. The van der Waals surface area contributed by atoms with Crippen LogP contribution in [0.2, 0.25) is 0 Å². The van der Waals surface area contributed by atoms with Crippen molar-refractivity contribution in [3.63, 3.8) is 0 Å². The van der Waals surface area contributed by atoms with E-state index in [4.69, 9.17) is 0 Å². The van der Waals surface area contributed by atoms with E-state index < -0.39 is 0 Å². The maximum absolute atomic E-state index is 4.47. The lowest BCUT2D eigenvalue weighted by Gasteiger charge is -2.33. The smallest absolute Gasteiger partial charge is 0.151 e. The molecular weight excluding hydrogens is 300 g/mol. The summed E-state index contributed by atoms with van der Waals surface area (Å²) in [5.74, 6) is 0.979. The lowest BCUT2D eigenvalue weighted by Crippen LogP contribution is -2.45. The first-order valence-electron chi connectivity index (χ1n) is 8.74. The summed E-state index contributed by atoms with van der Waals surface area (Å²) in [4.78, 5) is 2.33. The van der Waals surface area contributed by atoms with Gasteiger partial charge in [-0.2, -0.15) is 10.2 Å². The number of aryl methyl sites for hydroxylation is 1. The summed E-state index contributed by atoms with van der Waals surface area (Å²) >= 11 is 0. The van der Waals surface area contributed by atoms with Crippen LogP contribution < -0.4 is 10.2 Å². The van der Waals surface area contributed by atoms with E-state index in [1.807, 2.05) is 23.9 Å². The Labute approximate surface area is 144 Å². The molecule has 0 aliphatic carbocycles. The number of anilines is 1. The lowest BCUT2D eigenvalue weighted by molar-refractivity contribution is 0.355. The molecule has 1 fully saturated rings. The number of hydrogen-bond acceptors (Lipinski definition) is 5. The van der Waals surface area contributed by atoms with Gasteiger partial charge in [0.25, 0.3) is 0 Å². The third-order valence-corrected chi connectivity index (χ3v) is 4.45. The van der Waals surface area contributed by atoms with E-state index in [0.29, 0.717) is 6.04 Å². The minimum Gasteiger partial charge on any atom is -0.354 e. The van der Waals surface area contributed by atoms with Crippen LogP contribution in [0.25, 0.3) is 0 Å². The van der Waals surface area contributed by atoms with Crippen LogP contribution in [0.15, 0.2) is 24.5 Å². The van der Waals surface area contributed by atoms with Crippen molar-refractivity contribution in [1.82, 2.24) is 25.3 Å². The number of piperidine rings is 1. The third-order valence-electron chi connectivity index (χ3n) is 4.45. The second-order valence-electron chi connectivity index (χ2n) is 7.66. The van der Waals surface area contributed by atoms with Gasteiger partial charge in [-0.05, 0) is 52.7 Å². The Morgan fingerprint density at radius 1 is 1.25 bits per heavy atom. The summed E-state index contributed by atoms with van der Waals surface area (Å²) in [5.41, 5.74) is 2.22. The van der Waals surface area contributed by atoms with Gasteiger partial charge in [0.2, 0.25) is 0 Å². The largest absolute Gasteiger partial charge is 0.354 e. The highest BCUT2D eigenvalue weighted by Crippen LogP contribution is 2.18. The average molecular weight is 328 g/mol. The zero-order valence-corrected chi connectivity index (χ0v) is 15.2. The van der Waals surface area contributed by atoms with Gasteiger partial charge in [0.15, 0.2) is 5.82 Å². The highest BCUT2D eigenvalue weighted by atomic mass is 15.3. The van der Waals surface area contributed by atoms with Crippen molar-refractivity contribution >= 4 is 5.82 Å². The predicted molar refractivity (Wildman–Crippen MR) is 96.1 cm³/mol. The van der Waals surface area contributed by atoms with Crippen molar-refractivity contribution in [2.45, 2.75) is 58.7 Å². The van der Waals surface area contributed by atoms with Crippen LogP contribution in [-0.4, -0.2) is 39.1 Å². The summed E-state index contributed by atoms with van der Waals surface area (Å²) in [6, 6.07) is 4.57. The second kappa shape index (κ2) is 6.89. The van der Waals surface area contributed by atoms with E-state index in [-0.39, 0.29) is 5.54 Å². The van der Waals surface area contributed by atoms with Gasteiger partial charge in [0, 0.05) is 37.4 Å². The Bertz CT molecular complexity index is 655. The predicted octanol–water partition coefficient (Wildman–Crippen LogP) is 2.50. The van der Waals surface area contributed by atoms with E-state index in [1.54, 1.807) is 0 Å². The molecule has 0 bridgehead atoms. The monoisotopic (exact) mass is 328 g/mol.